The highest BCUT2D eigenvalue weighted by molar-refractivity contribution is 6.18. The first-order valence-electron chi connectivity index (χ1n) is 3.18. The molecule has 1 aliphatic carbocycles. The molecule has 0 bridgehead atoms. The minimum Gasteiger partial charge on any atom is -0.505 e. The summed E-state index contributed by atoms with van der Waals surface area (Å²) >= 11 is 0. The number of hydrogen-bond donors (Lipinski definition) is 2. The Morgan fingerprint density at radius 2 is 2.25 bits per heavy atom. The zero-order valence-corrected chi connectivity index (χ0v) is 6.14. The molecule has 1 rings (SSSR count). The smallest absolute Gasteiger partial charge is 0.182 e. The number of nitrogens with zero attached hydrogens (tertiary/aromatic N) is 2. The van der Waals surface area contributed by atoms with Crippen molar-refractivity contribution < 1.29 is 9.90 Å². The van der Waals surface area contributed by atoms with Crippen molar-refractivity contribution in [2.75, 3.05) is 0 Å². The number of carbonyl (C=O) groups is 1. The highest BCUT2D eigenvalue weighted by atomic mass is 16.3. The Labute approximate surface area is 68.6 Å². The van der Waals surface area contributed by atoms with Gasteiger partial charge in [-0.2, -0.15) is 0 Å². The summed E-state index contributed by atoms with van der Waals surface area (Å²) in [4.78, 5) is 10.7. The van der Waals surface area contributed by atoms with Crippen LogP contribution in [0.5, 0.6) is 0 Å². The molecule has 0 heterocycles. The van der Waals surface area contributed by atoms with E-state index < -0.39 is 0 Å². The summed E-state index contributed by atoms with van der Waals surface area (Å²) in [5.41, 5.74) is 5.15. The third-order valence-corrected chi connectivity index (χ3v) is 1.18. The van der Waals surface area contributed by atoms with Gasteiger partial charge in [-0.15, -0.1) is 10.2 Å². The van der Waals surface area contributed by atoms with Crippen molar-refractivity contribution in [1.82, 2.24) is 0 Å². The van der Waals surface area contributed by atoms with Crippen LogP contribution >= 0.6 is 0 Å². The van der Waals surface area contributed by atoms with Gasteiger partial charge in [0, 0.05) is 6.08 Å². The number of ketones is 1. The van der Waals surface area contributed by atoms with Crippen LogP contribution in [-0.2, 0) is 4.79 Å². The average molecular weight is 165 g/mol. The van der Waals surface area contributed by atoms with Crippen LogP contribution in [0.25, 0.3) is 0 Å². The summed E-state index contributed by atoms with van der Waals surface area (Å²) in [5, 5.41) is 16.0. The van der Waals surface area contributed by atoms with Crippen LogP contribution in [-0.4, -0.2) is 22.9 Å². The molecule has 0 amide bonds. The van der Waals surface area contributed by atoms with Crippen molar-refractivity contribution in [2.24, 2.45) is 15.9 Å². The van der Waals surface area contributed by atoms with Gasteiger partial charge in [0.1, 0.15) is 17.8 Å². The van der Waals surface area contributed by atoms with Crippen molar-refractivity contribution in [3.05, 3.63) is 24.0 Å². The summed E-state index contributed by atoms with van der Waals surface area (Å²) in [6, 6.07) is 0. The molecule has 0 spiro atoms. The van der Waals surface area contributed by atoms with Crippen molar-refractivity contribution in [3.63, 3.8) is 0 Å². The Kier molecular flexibility index (Phi) is 2.37. The molecule has 0 aromatic heterocycles. The van der Waals surface area contributed by atoms with Crippen LogP contribution in [0.2, 0.25) is 0 Å². The highest BCUT2D eigenvalue weighted by Gasteiger charge is 2.08. The van der Waals surface area contributed by atoms with Gasteiger partial charge in [-0.25, -0.2) is 0 Å². The van der Waals surface area contributed by atoms with E-state index in [-0.39, 0.29) is 17.3 Å². The summed E-state index contributed by atoms with van der Waals surface area (Å²) in [6.07, 6.45) is 4.70. The van der Waals surface area contributed by atoms with E-state index in [0.29, 0.717) is 0 Å². The minimum atomic E-state index is -0.275. The SMILES string of the molecule is N/C=N\N=C1/C=CC(=O)C=C1O. The molecule has 0 atom stereocenters. The van der Waals surface area contributed by atoms with Crippen LogP contribution in [0, 0.1) is 0 Å². The predicted octanol–water partition coefficient (Wildman–Crippen LogP) is -0.0898. The van der Waals surface area contributed by atoms with Gasteiger partial charge in [0.25, 0.3) is 0 Å². The molecule has 62 valence electrons. The second-order valence-electron chi connectivity index (χ2n) is 2.02. The van der Waals surface area contributed by atoms with Crippen LogP contribution in [0.1, 0.15) is 0 Å². The summed E-state index contributed by atoms with van der Waals surface area (Å²) in [7, 11) is 0. The molecule has 0 aromatic carbocycles. The standard InChI is InChI=1S/C7H7N3O2/c8-4-9-10-6-2-1-5(11)3-7(6)12/h1-4,12H,(H2,8,9)/b10-6+. The van der Waals surface area contributed by atoms with Gasteiger partial charge < -0.3 is 10.8 Å². The fourth-order valence-electron chi connectivity index (χ4n) is 0.683. The number of nitrogens with two attached hydrogens (primary N) is 1. The summed E-state index contributed by atoms with van der Waals surface area (Å²) < 4.78 is 0. The Morgan fingerprint density at radius 1 is 1.50 bits per heavy atom. The minimum absolute atomic E-state index is 0.201. The molecule has 0 radical (unpaired) electrons. The van der Waals surface area contributed by atoms with Crippen molar-refractivity contribution >= 4 is 17.8 Å². The number of aliphatic hydroxyl groups excluding tert-OH is 1. The van der Waals surface area contributed by atoms with E-state index in [1.165, 1.54) is 12.2 Å². The topological polar surface area (TPSA) is 88.0 Å². The Balaban J connectivity index is 2.89. The summed E-state index contributed by atoms with van der Waals surface area (Å²) in [6.45, 7) is 0. The maximum atomic E-state index is 10.7. The number of aliphatic hydroxyl groups is 1. The van der Waals surface area contributed by atoms with E-state index in [1.54, 1.807) is 0 Å². The van der Waals surface area contributed by atoms with Gasteiger partial charge >= 0.3 is 0 Å². The maximum absolute atomic E-state index is 10.7. The number of allylic oxidation sites excluding steroid dienone is 3. The first-order valence-corrected chi connectivity index (χ1v) is 3.18. The van der Waals surface area contributed by atoms with Gasteiger partial charge in [-0.1, -0.05) is 0 Å². The maximum Gasteiger partial charge on any atom is 0.182 e. The quantitative estimate of drug-likeness (QED) is 0.246. The second-order valence-corrected chi connectivity index (χ2v) is 2.02. The van der Waals surface area contributed by atoms with E-state index in [9.17, 15) is 4.79 Å². The lowest BCUT2D eigenvalue weighted by Crippen LogP contribution is -2.07. The monoisotopic (exact) mass is 165 g/mol. The largest absolute Gasteiger partial charge is 0.505 e. The molecule has 5 heteroatoms. The zero-order valence-electron chi connectivity index (χ0n) is 6.14. The van der Waals surface area contributed by atoms with E-state index in [2.05, 4.69) is 10.2 Å². The molecular formula is C7H7N3O2. The number of carbonyl (C=O) groups excluding carboxylic acids is 1. The lowest BCUT2D eigenvalue weighted by molar-refractivity contribution is -0.110. The van der Waals surface area contributed by atoms with E-state index in [0.717, 1.165) is 12.4 Å². The Morgan fingerprint density at radius 3 is 2.83 bits per heavy atom. The second kappa shape index (κ2) is 3.47. The van der Waals surface area contributed by atoms with Crippen molar-refractivity contribution in [2.45, 2.75) is 0 Å². The summed E-state index contributed by atoms with van der Waals surface area (Å²) in [5.74, 6) is -0.476. The van der Waals surface area contributed by atoms with Crippen molar-refractivity contribution in [1.29, 1.82) is 0 Å². The molecule has 1 aliphatic rings. The van der Waals surface area contributed by atoms with Gasteiger partial charge in [-0.05, 0) is 12.2 Å². The molecule has 0 unspecified atom stereocenters. The fourth-order valence-corrected chi connectivity index (χ4v) is 0.683. The number of rotatable bonds is 1. The van der Waals surface area contributed by atoms with E-state index in [4.69, 9.17) is 10.8 Å². The normalized spacial score (nSPS) is 20.5. The molecule has 0 saturated heterocycles. The third kappa shape index (κ3) is 1.79. The highest BCUT2D eigenvalue weighted by Crippen LogP contribution is 2.03. The van der Waals surface area contributed by atoms with Gasteiger partial charge in [-0.3, -0.25) is 4.79 Å². The van der Waals surface area contributed by atoms with Crippen molar-refractivity contribution in [3.8, 4) is 0 Å². The van der Waals surface area contributed by atoms with E-state index in [1.807, 2.05) is 0 Å². The lowest BCUT2D eigenvalue weighted by atomic mass is 10.1. The average Bonchev–Trinajstić information content (AvgIpc) is 2.03. The molecule has 0 aliphatic heterocycles. The first kappa shape index (κ1) is 8.19. The molecule has 0 fully saturated rings. The Hall–Kier alpha value is -1.91. The molecule has 5 nitrogen and oxygen atoms in total. The van der Waals surface area contributed by atoms with E-state index >= 15 is 0 Å². The van der Waals surface area contributed by atoms with Gasteiger partial charge in [0.15, 0.2) is 5.78 Å². The molecule has 0 aromatic rings. The van der Waals surface area contributed by atoms with Gasteiger partial charge in [0.05, 0.1) is 0 Å². The van der Waals surface area contributed by atoms with Crippen LogP contribution in [0.15, 0.2) is 34.2 Å². The number of hydrogen-bond acceptors (Lipinski definition) is 4. The van der Waals surface area contributed by atoms with Crippen LogP contribution < -0.4 is 5.73 Å². The molecule has 3 N–H and O–H groups in total. The predicted molar refractivity (Wildman–Crippen MR) is 45.0 cm³/mol. The molecule has 0 saturated carbocycles. The first-order chi connectivity index (χ1) is 5.74. The van der Waals surface area contributed by atoms with Crippen LogP contribution in [0.4, 0.5) is 0 Å². The van der Waals surface area contributed by atoms with Crippen LogP contribution in [0.3, 0.4) is 0 Å². The van der Waals surface area contributed by atoms with Gasteiger partial charge in [0.2, 0.25) is 0 Å². The lowest BCUT2D eigenvalue weighted by Gasteiger charge is -2.00. The zero-order chi connectivity index (χ0) is 8.97. The fraction of sp³-hybridized carbons (Fsp3) is 0. The Bertz CT molecular complexity index is 313. The molecule has 12 heavy (non-hydrogen) atoms. The molecular weight excluding hydrogens is 158 g/mol. The third-order valence-electron chi connectivity index (χ3n) is 1.18.